The van der Waals surface area contributed by atoms with Crippen LogP contribution >= 0.6 is 12.4 Å². The summed E-state index contributed by atoms with van der Waals surface area (Å²) in [5, 5.41) is 2.93. The second kappa shape index (κ2) is 9.11. The zero-order chi connectivity index (χ0) is 16.0. The first-order chi connectivity index (χ1) is 10.5. The average molecular weight is 343 g/mol. The Bertz CT molecular complexity index is 502. The van der Waals surface area contributed by atoms with Crippen molar-refractivity contribution in [2.75, 3.05) is 19.8 Å². The molecule has 1 aliphatic rings. The minimum Gasteiger partial charge on any atom is -0.493 e. The predicted molar refractivity (Wildman–Crippen MR) is 92.8 cm³/mol. The number of nitrogens with one attached hydrogen (secondary N) is 1. The van der Waals surface area contributed by atoms with Crippen molar-refractivity contribution >= 4 is 18.3 Å². The maximum Gasteiger partial charge on any atom is 0.240 e. The second-order valence-electron chi connectivity index (χ2n) is 6.30. The van der Waals surface area contributed by atoms with Gasteiger partial charge in [-0.2, -0.15) is 0 Å². The van der Waals surface area contributed by atoms with E-state index in [1.54, 1.807) is 0 Å². The molecular weight excluding hydrogens is 316 g/mol. The summed E-state index contributed by atoms with van der Waals surface area (Å²) in [7, 11) is 0. The standard InChI is InChI=1S/C17H26N2O3.ClH/c1-13(2)12-22-15-5-3-4-14(10-15)11-19-16(20)17(18)6-8-21-9-7-17;/h3-5,10,13H,6-9,11-12,18H2,1-2H3,(H,19,20);1H. The molecule has 23 heavy (non-hydrogen) atoms. The van der Waals surface area contributed by atoms with Crippen molar-refractivity contribution in [3.05, 3.63) is 29.8 Å². The highest BCUT2D eigenvalue weighted by atomic mass is 35.5. The number of nitrogens with two attached hydrogens (primary N) is 1. The number of carbonyl (C=O) groups excluding carboxylic acids is 1. The van der Waals surface area contributed by atoms with Crippen LogP contribution in [0.4, 0.5) is 0 Å². The summed E-state index contributed by atoms with van der Waals surface area (Å²) in [5.74, 6) is 1.20. The molecule has 1 saturated heterocycles. The van der Waals surface area contributed by atoms with Gasteiger partial charge in [-0.3, -0.25) is 4.79 Å². The third-order valence-electron chi connectivity index (χ3n) is 3.77. The fourth-order valence-electron chi connectivity index (χ4n) is 2.33. The fourth-order valence-corrected chi connectivity index (χ4v) is 2.33. The summed E-state index contributed by atoms with van der Waals surface area (Å²) >= 11 is 0. The summed E-state index contributed by atoms with van der Waals surface area (Å²) in [4.78, 5) is 12.3. The van der Waals surface area contributed by atoms with Gasteiger partial charge in [0.1, 0.15) is 5.75 Å². The van der Waals surface area contributed by atoms with Crippen LogP contribution in [-0.2, 0) is 16.1 Å². The number of ether oxygens (including phenoxy) is 2. The molecule has 3 N–H and O–H groups in total. The van der Waals surface area contributed by atoms with Gasteiger partial charge in [0.2, 0.25) is 5.91 Å². The first-order valence-corrected chi connectivity index (χ1v) is 7.86. The van der Waals surface area contributed by atoms with Gasteiger partial charge in [0, 0.05) is 19.8 Å². The predicted octanol–water partition coefficient (Wildman–Crippen LogP) is 2.27. The van der Waals surface area contributed by atoms with E-state index in [1.807, 2.05) is 24.3 Å². The Morgan fingerprint density at radius 3 is 2.74 bits per heavy atom. The van der Waals surface area contributed by atoms with Crippen molar-refractivity contribution in [1.29, 1.82) is 0 Å². The monoisotopic (exact) mass is 342 g/mol. The van der Waals surface area contributed by atoms with Crippen LogP contribution in [0, 0.1) is 5.92 Å². The van der Waals surface area contributed by atoms with Gasteiger partial charge in [0.05, 0.1) is 12.1 Å². The van der Waals surface area contributed by atoms with E-state index in [0.717, 1.165) is 11.3 Å². The van der Waals surface area contributed by atoms with Crippen molar-refractivity contribution in [2.45, 2.75) is 38.8 Å². The number of carbonyl (C=O) groups is 1. The largest absolute Gasteiger partial charge is 0.493 e. The van der Waals surface area contributed by atoms with E-state index in [-0.39, 0.29) is 18.3 Å². The van der Waals surface area contributed by atoms with Crippen molar-refractivity contribution in [1.82, 2.24) is 5.32 Å². The first kappa shape index (κ1) is 19.7. The van der Waals surface area contributed by atoms with Crippen LogP contribution in [-0.4, -0.2) is 31.3 Å². The van der Waals surface area contributed by atoms with Crippen molar-refractivity contribution < 1.29 is 14.3 Å². The van der Waals surface area contributed by atoms with Gasteiger partial charge < -0.3 is 20.5 Å². The number of amides is 1. The molecule has 0 unspecified atom stereocenters. The molecule has 2 rings (SSSR count). The zero-order valence-corrected chi connectivity index (χ0v) is 14.7. The topological polar surface area (TPSA) is 73.6 Å². The molecule has 0 saturated carbocycles. The molecule has 1 aromatic rings. The lowest BCUT2D eigenvalue weighted by Gasteiger charge is -2.31. The molecule has 5 nitrogen and oxygen atoms in total. The molecule has 1 aromatic carbocycles. The molecule has 0 atom stereocenters. The number of halogens is 1. The molecule has 0 radical (unpaired) electrons. The number of hydrogen-bond acceptors (Lipinski definition) is 4. The normalized spacial score (nSPS) is 16.5. The third-order valence-corrected chi connectivity index (χ3v) is 3.77. The highest BCUT2D eigenvalue weighted by Crippen LogP contribution is 2.18. The molecule has 0 aliphatic carbocycles. The van der Waals surface area contributed by atoms with Crippen LogP contribution < -0.4 is 15.8 Å². The lowest BCUT2D eigenvalue weighted by Crippen LogP contribution is -2.56. The Morgan fingerprint density at radius 1 is 1.39 bits per heavy atom. The highest BCUT2D eigenvalue weighted by Gasteiger charge is 2.35. The molecule has 0 bridgehead atoms. The van der Waals surface area contributed by atoms with E-state index in [0.29, 0.717) is 45.1 Å². The van der Waals surface area contributed by atoms with Crippen molar-refractivity contribution in [3.8, 4) is 5.75 Å². The van der Waals surface area contributed by atoms with E-state index in [4.69, 9.17) is 15.2 Å². The summed E-state index contributed by atoms with van der Waals surface area (Å²) in [5.41, 5.74) is 6.36. The quantitative estimate of drug-likeness (QED) is 0.831. The zero-order valence-electron chi connectivity index (χ0n) is 13.8. The number of benzene rings is 1. The lowest BCUT2D eigenvalue weighted by atomic mass is 9.90. The van der Waals surface area contributed by atoms with E-state index in [1.165, 1.54) is 0 Å². The summed E-state index contributed by atoms with van der Waals surface area (Å²) in [6, 6.07) is 7.78. The van der Waals surface area contributed by atoms with Crippen LogP contribution in [0.2, 0.25) is 0 Å². The molecule has 1 amide bonds. The molecular formula is C17H27ClN2O3. The van der Waals surface area contributed by atoms with Crippen molar-refractivity contribution in [2.24, 2.45) is 11.7 Å². The molecule has 6 heteroatoms. The number of rotatable bonds is 6. The lowest BCUT2D eigenvalue weighted by molar-refractivity contribution is -0.129. The van der Waals surface area contributed by atoms with E-state index in [9.17, 15) is 4.79 Å². The van der Waals surface area contributed by atoms with Crippen LogP contribution in [0.1, 0.15) is 32.3 Å². The Kier molecular flexibility index (Phi) is 7.82. The Labute approximate surface area is 144 Å². The molecule has 1 fully saturated rings. The van der Waals surface area contributed by atoms with Crippen LogP contribution in [0.15, 0.2) is 24.3 Å². The van der Waals surface area contributed by atoms with E-state index >= 15 is 0 Å². The van der Waals surface area contributed by atoms with Gasteiger partial charge >= 0.3 is 0 Å². The number of hydrogen-bond donors (Lipinski definition) is 2. The smallest absolute Gasteiger partial charge is 0.240 e. The fraction of sp³-hybridized carbons (Fsp3) is 0.588. The Balaban J connectivity index is 0.00000264. The van der Waals surface area contributed by atoms with Crippen LogP contribution in [0.25, 0.3) is 0 Å². The highest BCUT2D eigenvalue weighted by molar-refractivity contribution is 5.86. The van der Waals surface area contributed by atoms with E-state index in [2.05, 4.69) is 19.2 Å². The SMILES string of the molecule is CC(C)COc1cccc(CNC(=O)C2(N)CCOCC2)c1.Cl. The molecule has 0 aromatic heterocycles. The van der Waals surface area contributed by atoms with Gasteiger partial charge in [-0.15, -0.1) is 12.4 Å². The molecule has 130 valence electrons. The average Bonchev–Trinajstić information content (AvgIpc) is 2.51. The van der Waals surface area contributed by atoms with Gasteiger partial charge in [0.15, 0.2) is 0 Å². The summed E-state index contributed by atoms with van der Waals surface area (Å²) in [6.45, 7) is 6.45. The molecule has 1 aliphatic heterocycles. The maximum absolute atomic E-state index is 12.3. The van der Waals surface area contributed by atoms with Gasteiger partial charge in [-0.05, 0) is 36.5 Å². The Hall–Kier alpha value is -1.30. The van der Waals surface area contributed by atoms with Crippen molar-refractivity contribution in [3.63, 3.8) is 0 Å². The van der Waals surface area contributed by atoms with Crippen LogP contribution in [0.3, 0.4) is 0 Å². The second-order valence-corrected chi connectivity index (χ2v) is 6.30. The Morgan fingerprint density at radius 2 is 2.09 bits per heavy atom. The minimum absolute atomic E-state index is 0. The minimum atomic E-state index is -0.802. The first-order valence-electron chi connectivity index (χ1n) is 7.86. The third kappa shape index (κ3) is 6.01. The maximum atomic E-state index is 12.3. The molecule has 0 spiro atoms. The van der Waals surface area contributed by atoms with Crippen LogP contribution in [0.5, 0.6) is 5.75 Å². The molecule has 1 heterocycles. The van der Waals surface area contributed by atoms with Gasteiger partial charge in [0.25, 0.3) is 0 Å². The van der Waals surface area contributed by atoms with Gasteiger partial charge in [-0.1, -0.05) is 26.0 Å². The van der Waals surface area contributed by atoms with Gasteiger partial charge in [-0.25, -0.2) is 0 Å². The summed E-state index contributed by atoms with van der Waals surface area (Å²) in [6.07, 6.45) is 1.13. The van der Waals surface area contributed by atoms with E-state index < -0.39 is 5.54 Å². The summed E-state index contributed by atoms with van der Waals surface area (Å²) < 4.78 is 11.0.